The fraction of sp³-hybridized carbons (Fsp3) is 0.353. The number of benzene rings is 1. The van der Waals surface area contributed by atoms with Crippen molar-refractivity contribution in [2.45, 2.75) is 24.6 Å². The molecule has 1 aromatic carbocycles. The number of hydrogen-bond donors (Lipinski definition) is 0. The number of carbonyl (C=O) groups excluding carboxylic acids is 1. The molecule has 0 bridgehead atoms. The van der Waals surface area contributed by atoms with Gasteiger partial charge in [-0.05, 0) is 42.0 Å². The van der Waals surface area contributed by atoms with Crippen LogP contribution in [0.1, 0.15) is 29.3 Å². The van der Waals surface area contributed by atoms with Gasteiger partial charge in [0.15, 0.2) is 0 Å². The van der Waals surface area contributed by atoms with Crippen LogP contribution in [0.25, 0.3) is 0 Å². The Morgan fingerprint density at radius 1 is 1.32 bits per heavy atom. The van der Waals surface area contributed by atoms with E-state index in [-0.39, 0.29) is 5.91 Å². The second kappa shape index (κ2) is 7.66. The van der Waals surface area contributed by atoms with Crippen LogP contribution in [-0.2, 0) is 10.5 Å². The summed E-state index contributed by atoms with van der Waals surface area (Å²) in [6, 6.07) is 12.8. The maximum absolute atomic E-state index is 12.5. The van der Waals surface area contributed by atoms with Crippen molar-refractivity contribution in [1.82, 2.24) is 4.90 Å². The first-order valence-corrected chi connectivity index (χ1v) is 10.2. The Hall–Kier alpha value is -0.780. The number of thiophene rings is 1. The molecule has 0 aliphatic carbocycles. The predicted octanol–water partition coefficient (Wildman–Crippen LogP) is 5.11. The molecule has 2 nitrogen and oxygen atoms in total. The molecule has 1 aliphatic heterocycles. The van der Waals surface area contributed by atoms with Crippen LogP contribution in [0.2, 0.25) is 0 Å². The van der Waals surface area contributed by atoms with E-state index in [9.17, 15) is 4.79 Å². The van der Waals surface area contributed by atoms with Crippen molar-refractivity contribution >= 4 is 44.9 Å². The van der Waals surface area contributed by atoms with E-state index >= 15 is 0 Å². The summed E-state index contributed by atoms with van der Waals surface area (Å²) >= 11 is 6.90. The predicted molar refractivity (Wildman–Crippen MR) is 98.3 cm³/mol. The Morgan fingerprint density at radius 3 is 2.86 bits per heavy atom. The molecule has 1 unspecified atom stereocenters. The first-order chi connectivity index (χ1) is 10.7. The normalized spacial score (nSPS) is 17.9. The minimum atomic E-state index is 0.276. The van der Waals surface area contributed by atoms with Crippen LogP contribution in [0, 0.1) is 0 Å². The Bertz CT molecular complexity index is 612. The molecule has 3 rings (SSSR count). The van der Waals surface area contributed by atoms with Crippen molar-refractivity contribution < 1.29 is 4.79 Å². The molecule has 5 heteroatoms. The number of halogens is 1. The van der Waals surface area contributed by atoms with Gasteiger partial charge in [0.2, 0.25) is 5.91 Å². The zero-order valence-corrected chi connectivity index (χ0v) is 15.4. The molecular formula is C17H18BrNOS2. The number of hydrogen-bond acceptors (Lipinski definition) is 3. The molecule has 0 N–H and O–H groups in total. The highest BCUT2D eigenvalue weighted by atomic mass is 79.9. The SMILES string of the molecule is O=C(CSCc1ccc(Br)cc1)N1CCCC1c1cccs1. The molecule has 2 aromatic rings. The minimum absolute atomic E-state index is 0.276. The lowest BCUT2D eigenvalue weighted by atomic mass is 10.2. The first-order valence-electron chi connectivity index (χ1n) is 7.39. The van der Waals surface area contributed by atoms with E-state index in [1.54, 1.807) is 23.1 Å². The van der Waals surface area contributed by atoms with Crippen molar-refractivity contribution in [3.8, 4) is 0 Å². The van der Waals surface area contributed by atoms with E-state index in [0.29, 0.717) is 11.8 Å². The molecule has 1 aliphatic rings. The molecule has 22 heavy (non-hydrogen) atoms. The molecule has 0 spiro atoms. The highest BCUT2D eigenvalue weighted by molar-refractivity contribution is 9.10. The number of likely N-dealkylation sites (tertiary alicyclic amines) is 1. The first kappa shape index (κ1) is 16.1. The molecule has 116 valence electrons. The van der Waals surface area contributed by atoms with Crippen molar-refractivity contribution in [2.75, 3.05) is 12.3 Å². The summed E-state index contributed by atoms with van der Waals surface area (Å²) in [7, 11) is 0. The maximum atomic E-state index is 12.5. The van der Waals surface area contributed by atoms with Crippen LogP contribution < -0.4 is 0 Å². The second-order valence-electron chi connectivity index (χ2n) is 5.38. The molecule has 0 radical (unpaired) electrons. The fourth-order valence-electron chi connectivity index (χ4n) is 2.76. The molecule has 2 heterocycles. The van der Waals surface area contributed by atoms with E-state index in [1.807, 2.05) is 12.1 Å². The van der Waals surface area contributed by atoms with Gasteiger partial charge in [0.05, 0.1) is 11.8 Å². The van der Waals surface area contributed by atoms with Crippen LogP contribution in [-0.4, -0.2) is 23.1 Å². The summed E-state index contributed by atoms with van der Waals surface area (Å²) in [6.45, 7) is 0.903. The molecule has 1 fully saturated rings. The quantitative estimate of drug-likeness (QED) is 0.700. The van der Waals surface area contributed by atoms with E-state index in [0.717, 1.165) is 29.6 Å². The number of thioether (sulfide) groups is 1. The summed E-state index contributed by atoms with van der Waals surface area (Å²) in [5.41, 5.74) is 1.26. The molecule has 1 saturated heterocycles. The third-order valence-electron chi connectivity index (χ3n) is 3.85. The van der Waals surface area contributed by atoms with Gasteiger partial charge in [0, 0.05) is 21.6 Å². The molecular weight excluding hydrogens is 378 g/mol. The van der Waals surface area contributed by atoms with Crippen molar-refractivity contribution in [2.24, 2.45) is 0 Å². The summed E-state index contributed by atoms with van der Waals surface area (Å²) in [5, 5.41) is 2.10. The van der Waals surface area contributed by atoms with Crippen LogP contribution in [0.4, 0.5) is 0 Å². The van der Waals surface area contributed by atoms with Gasteiger partial charge >= 0.3 is 0 Å². The molecule has 0 saturated carbocycles. The van der Waals surface area contributed by atoms with E-state index in [2.05, 4.69) is 50.5 Å². The highest BCUT2D eigenvalue weighted by Crippen LogP contribution is 2.34. The fourth-order valence-corrected chi connectivity index (χ4v) is 4.77. The number of nitrogens with zero attached hydrogens (tertiary/aromatic N) is 1. The standard InChI is InChI=1S/C17H18BrNOS2/c18-14-7-5-13(6-8-14)11-21-12-17(20)19-9-1-3-15(19)16-4-2-10-22-16/h2,4-8,10,15H,1,3,9,11-12H2. The van der Waals surface area contributed by atoms with Crippen molar-refractivity contribution in [3.63, 3.8) is 0 Å². The number of carbonyl (C=O) groups is 1. The van der Waals surface area contributed by atoms with Gasteiger partial charge in [-0.2, -0.15) is 0 Å². The van der Waals surface area contributed by atoms with E-state index < -0.39 is 0 Å². The molecule has 1 amide bonds. The average molecular weight is 396 g/mol. The Kier molecular flexibility index (Phi) is 5.61. The van der Waals surface area contributed by atoms with Gasteiger partial charge in [-0.25, -0.2) is 0 Å². The second-order valence-corrected chi connectivity index (χ2v) is 8.26. The lowest BCUT2D eigenvalue weighted by Gasteiger charge is -2.23. The van der Waals surface area contributed by atoms with Gasteiger partial charge < -0.3 is 4.90 Å². The van der Waals surface area contributed by atoms with Gasteiger partial charge in [-0.3, -0.25) is 4.79 Å². The summed E-state index contributed by atoms with van der Waals surface area (Å²) in [4.78, 5) is 15.9. The maximum Gasteiger partial charge on any atom is 0.233 e. The van der Waals surface area contributed by atoms with Crippen LogP contribution in [0.15, 0.2) is 46.3 Å². The summed E-state index contributed by atoms with van der Waals surface area (Å²) < 4.78 is 1.09. The third kappa shape index (κ3) is 3.94. The topological polar surface area (TPSA) is 20.3 Å². The van der Waals surface area contributed by atoms with Crippen LogP contribution in [0.5, 0.6) is 0 Å². The van der Waals surface area contributed by atoms with Crippen molar-refractivity contribution in [1.29, 1.82) is 0 Å². The van der Waals surface area contributed by atoms with Crippen LogP contribution in [0.3, 0.4) is 0 Å². The lowest BCUT2D eigenvalue weighted by molar-refractivity contribution is -0.129. The Morgan fingerprint density at radius 2 is 2.14 bits per heavy atom. The van der Waals surface area contributed by atoms with Gasteiger partial charge in [0.1, 0.15) is 0 Å². The van der Waals surface area contributed by atoms with E-state index in [4.69, 9.17) is 0 Å². The zero-order valence-electron chi connectivity index (χ0n) is 12.2. The number of rotatable bonds is 5. The largest absolute Gasteiger partial charge is 0.334 e. The monoisotopic (exact) mass is 395 g/mol. The smallest absolute Gasteiger partial charge is 0.233 e. The highest BCUT2D eigenvalue weighted by Gasteiger charge is 2.30. The molecule has 1 aromatic heterocycles. The van der Waals surface area contributed by atoms with Crippen LogP contribution >= 0.6 is 39.0 Å². The summed E-state index contributed by atoms with van der Waals surface area (Å²) in [5.74, 6) is 1.73. The molecule has 1 atom stereocenters. The van der Waals surface area contributed by atoms with Gasteiger partial charge in [0.25, 0.3) is 0 Å². The number of amides is 1. The van der Waals surface area contributed by atoms with Gasteiger partial charge in [-0.15, -0.1) is 23.1 Å². The Balaban J connectivity index is 1.52. The lowest BCUT2D eigenvalue weighted by Crippen LogP contribution is -2.31. The van der Waals surface area contributed by atoms with Gasteiger partial charge in [-0.1, -0.05) is 34.1 Å². The summed E-state index contributed by atoms with van der Waals surface area (Å²) in [6.07, 6.45) is 2.22. The third-order valence-corrected chi connectivity index (χ3v) is 6.34. The zero-order chi connectivity index (χ0) is 15.4. The Labute approximate surface area is 148 Å². The minimum Gasteiger partial charge on any atom is -0.334 e. The van der Waals surface area contributed by atoms with Crippen molar-refractivity contribution in [3.05, 3.63) is 56.7 Å². The van der Waals surface area contributed by atoms with E-state index in [1.165, 1.54) is 10.4 Å². The average Bonchev–Trinajstić information content (AvgIpc) is 3.19.